The minimum Gasteiger partial charge on any atom is -0.489 e. The first-order chi connectivity index (χ1) is 18.3. The van der Waals surface area contributed by atoms with Crippen molar-refractivity contribution in [2.75, 3.05) is 4.90 Å². The summed E-state index contributed by atoms with van der Waals surface area (Å²) in [7, 11) is 0. The van der Waals surface area contributed by atoms with Crippen LogP contribution in [0.1, 0.15) is 33.9 Å². The molecule has 182 valence electrons. The van der Waals surface area contributed by atoms with Gasteiger partial charge in [-0.25, -0.2) is 0 Å². The Morgan fingerprint density at radius 1 is 0.568 bits per heavy atom. The van der Waals surface area contributed by atoms with Crippen LogP contribution in [0, 0.1) is 0 Å². The molecule has 6 rings (SSSR count). The van der Waals surface area contributed by atoms with Gasteiger partial charge in [-0.05, 0) is 64.2 Å². The van der Waals surface area contributed by atoms with Gasteiger partial charge in [0.2, 0.25) is 0 Å². The van der Waals surface area contributed by atoms with Crippen molar-refractivity contribution in [1.29, 1.82) is 0 Å². The van der Waals surface area contributed by atoms with E-state index in [4.69, 9.17) is 9.47 Å². The van der Waals surface area contributed by atoms with Gasteiger partial charge in [0.05, 0.1) is 6.04 Å². The zero-order valence-electron chi connectivity index (χ0n) is 20.7. The van der Waals surface area contributed by atoms with Gasteiger partial charge in [0.25, 0.3) is 0 Å². The minimum atomic E-state index is 0.149. The minimum absolute atomic E-state index is 0.149. The van der Waals surface area contributed by atoms with E-state index in [1.165, 1.54) is 27.9 Å². The quantitative estimate of drug-likeness (QED) is 0.223. The Balaban J connectivity index is 1.23. The van der Waals surface area contributed by atoms with Crippen molar-refractivity contribution in [2.45, 2.75) is 25.8 Å². The van der Waals surface area contributed by atoms with Crippen LogP contribution in [0.2, 0.25) is 0 Å². The third-order valence-corrected chi connectivity index (χ3v) is 6.84. The lowest BCUT2D eigenvalue weighted by Crippen LogP contribution is -2.22. The predicted molar refractivity (Wildman–Crippen MR) is 149 cm³/mol. The van der Waals surface area contributed by atoms with Crippen LogP contribution < -0.4 is 14.4 Å². The number of benzene rings is 5. The summed E-state index contributed by atoms with van der Waals surface area (Å²) in [5.41, 5.74) is 7.40. The largest absolute Gasteiger partial charge is 0.489 e. The molecule has 1 unspecified atom stereocenters. The predicted octanol–water partition coefficient (Wildman–Crippen LogP) is 7.95. The van der Waals surface area contributed by atoms with E-state index in [2.05, 4.69) is 102 Å². The number of nitrogens with zero attached hydrogens (tertiary/aromatic N) is 1. The smallest absolute Gasteiger partial charge is 0.120 e. The fourth-order valence-electron chi connectivity index (χ4n) is 4.97. The second-order valence-corrected chi connectivity index (χ2v) is 9.34. The molecule has 0 saturated carbocycles. The lowest BCUT2D eigenvalue weighted by atomic mass is 9.97. The van der Waals surface area contributed by atoms with Gasteiger partial charge in [0, 0.05) is 12.2 Å². The lowest BCUT2D eigenvalue weighted by molar-refractivity contribution is 0.306. The van der Waals surface area contributed by atoms with E-state index in [0.717, 1.165) is 23.6 Å². The summed E-state index contributed by atoms with van der Waals surface area (Å²) in [5, 5.41) is 0. The molecule has 0 N–H and O–H groups in total. The van der Waals surface area contributed by atoms with Crippen molar-refractivity contribution in [3.05, 3.63) is 161 Å². The zero-order chi connectivity index (χ0) is 24.9. The van der Waals surface area contributed by atoms with Gasteiger partial charge < -0.3 is 14.4 Å². The van der Waals surface area contributed by atoms with E-state index in [-0.39, 0.29) is 6.04 Å². The molecule has 0 fully saturated rings. The maximum Gasteiger partial charge on any atom is 0.120 e. The highest BCUT2D eigenvalue weighted by Gasteiger charge is 2.32. The van der Waals surface area contributed by atoms with Crippen molar-refractivity contribution < 1.29 is 9.47 Å². The van der Waals surface area contributed by atoms with Crippen LogP contribution in [-0.2, 0) is 19.8 Å². The van der Waals surface area contributed by atoms with Crippen LogP contribution in [0.5, 0.6) is 11.5 Å². The van der Waals surface area contributed by atoms with Crippen LogP contribution in [0.25, 0.3) is 0 Å². The van der Waals surface area contributed by atoms with E-state index in [1.807, 2.05) is 36.4 Å². The molecule has 37 heavy (non-hydrogen) atoms. The Kier molecular flexibility index (Phi) is 6.59. The normalized spacial score (nSPS) is 14.3. The Morgan fingerprint density at radius 3 is 1.73 bits per heavy atom. The van der Waals surface area contributed by atoms with Gasteiger partial charge in [0.1, 0.15) is 24.7 Å². The van der Waals surface area contributed by atoms with Crippen molar-refractivity contribution >= 4 is 5.69 Å². The monoisotopic (exact) mass is 483 g/mol. The van der Waals surface area contributed by atoms with Crippen molar-refractivity contribution in [1.82, 2.24) is 0 Å². The number of rotatable bonds is 8. The summed E-state index contributed by atoms with van der Waals surface area (Å²) < 4.78 is 12.2. The van der Waals surface area contributed by atoms with E-state index in [0.29, 0.717) is 13.2 Å². The third-order valence-electron chi connectivity index (χ3n) is 6.84. The molecule has 0 aromatic heterocycles. The van der Waals surface area contributed by atoms with Gasteiger partial charge in [-0.1, -0.05) is 97.1 Å². The fourth-order valence-corrected chi connectivity index (χ4v) is 4.97. The van der Waals surface area contributed by atoms with Crippen molar-refractivity contribution in [3.63, 3.8) is 0 Å². The average Bonchev–Trinajstić information content (AvgIpc) is 3.36. The van der Waals surface area contributed by atoms with Gasteiger partial charge in [0.15, 0.2) is 0 Å². The summed E-state index contributed by atoms with van der Waals surface area (Å²) in [5.74, 6) is 1.78. The Morgan fingerprint density at radius 2 is 1.11 bits per heavy atom. The van der Waals surface area contributed by atoms with Gasteiger partial charge in [-0.2, -0.15) is 0 Å². The molecule has 0 bridgehead atoms. The highest BCUT2D eigenvalue weighted by molar-refractivity contribution is 5.60. The molecular weight excluding hydrogens is 454 g/mol. The number of ether oxygens (including phenoxy) is 2. The fraction of sp³-hybridized carbons (Fsp3) is 0.118. The molecule has 1 heterocycles. The maximum atomic E-state index is 6.14. The van der Waals surface area contributed by atoms with E-state index >= 15 is 0 Å². The Bertz CT molecular complexity index is 1430. The van der Waals surface area contributed by atoms with Crippen molar-refractivity contribution in [2.24, 2.45) is 0 Å². The SMILES string of the molecule is c1ccc(COc2ccc(N3Cc4cc(OCc5ccccc5)ccc4C3c3ccccc3)cc2)cc1. The first-order valence-electron chi connectivity index (χ1n) is 12.7. The highest BCUT2D eigenvalue weighted by Crippen LogP contribution is 2.43. The molecule has 0 spiro atoms. The molecule has 3 nitrogen and oxygen atoms in total. The summed E-state index contributed by atoms with van der Waals surface area (Å²) in [6.45, 7) is 1.95. The number of anilines is 1. The molecule has 0 aliphatic carbocycles. The van der Waals surface area contributed by atoms with Crippen LogP contribution in [0.3, 0.4) is 0 Å². The van der Waals surface area contributed by atoms with Gasteiger partial charge in [-0.3, -0.25) is 0 Å². The van der Waals surface area contributed by atoms with E-state index in [1.54, 1.807) is 0 Å². The molecule has 0 radical (unpaired) electrons. The number of fused-ring (bicyclic) bond motifs is 1. The number of hydrogen-bond donors (Lipinski definition) is 0. The molecule has 1 aliphatic rings. The Hall–Kier alpha value is -4.50. The van der Waals surface area contributed by atoms with Crippen LogP contribution >= 0.6 is 0 Å². The van der Waals surface area contributed by atoms with Crippen LogP contribution in [-0.4, -0.2) is 0 Å². The molecule has 5 aromatic rings. The maximum absolute atomic E-state index is 6.14. The highest BCUT2D eigenvalue weighted by atomic mass is 16.5. The Labute approximate surface area is 218 Å². The summed E-state index contributed by atoms with van der Waals surface area (Å²) in [6.07, 6.45) is 0. The standard InChI is InChI=1S/C34H29NO2/c1-4-10-26(11-5-1)24-36-31-18-16-30(17-19-31)35-23-29-22-32(37-25-27-12-6-2-7-13-27)20-21-33(29)34(35)28-14-8-3-9-15-28/h1-22,34H,23-25H2. The van der Waals surface area contributed by atoms with Crippen molar-refractivity contribution in [3.8, 4) is 11.5 Å². The third kappa shape index (κ3) is 5.22. The van der Waals surface area contributed by atoms with E-state index < -0.39 is 0 Å². The summed E-state index contributed by atoms with van der Waals surface area (Å²) in [6, 6.07) is 46.4. The molecule has 3 heteroatoms. The molecule has 1 aliphatic heterocycles. The molecule has 0 amide bonds. The van der Waals surface area contributed by atoms with E-state index in [9.17, 15) is 0 Å². The molecule has 0 saturated heterocycles. The first kappa shape index (κ1) is 22.9. The average molecular weight is 484 g/mol. The van der Waals surface area contributed by atoms with Crippen LogP contribution in [0.15, 0.2) is 133 Å². The van der Waals surface area contributed by atoms with Gasteiger partial charge >= 0.3 is 0 Å². The molecular formula is C34H29NO2. The summed E-state index contributed by atoms with van der Waals surface area (Å²) >= 11 is 0. The molecule has 5 aromatic carbocycles. The lowest BCUT2D eigenvalue weighted by Gasteiger charge is -2.28. The second kappa shape index (κ2) is 10.6. The zero-order valence-corrected chi connectivity index (χ0v) is 20.7. The van der Waals surface area contributed by atoms with Crippen LogP contribution in [0.4, 0.5) is 5.69 Å². The topological polar surface area (TPSA) is 21.7 Å². The first-order valence-corrected chi connectivity index (χ1v) is 12.7. The second-order valence-electron chi connectivity index (χ2n) is 9.34. The summed E-state index contributed by atoms with van der Waals surface area (Å²) in [4.78, 5) is 2.46. The molecule has 1 atom stereocenters. The number of hydrogen-bond acceptors (Lipinski definition) is 3. The van der Waals surface area contributed by atoms with Gasteiger partial charge in [-0.15, -0.1) is 0 Å².